The van der Waals surface area contributed by atoms with Gasteiger partial charge in [-0.15, -0.1) is 0 Å². The first kappa shape index (κ1) is 18.4. The largest absolute Gasteiger partial charge is 0.322 e. The predicted octanol–water partition coefficient (Wildman–Crippen LogP) is 3.93. The second kappa shape index (κ2) is 8.31. The number of hydrogen-bond donors (Lipinski definition) is 2. The molecule has 0 radical (unpaired) electrons. The van der Waals surface area contributed by atoms with Crippen molar-refractivity contribution in [3.63, 3.8) is 0 Å². The number of anilines is 2. The lowest BCUT2D eigenvalue weighted by Gasteiger charge is -2.08. The zero-order valence-corrected chi connectivity index (χ0v) is 14.6. The molecule has 0 aliphatic carbocycles. The van der Waals surface area contributed by atoms with E-state index >= 15 is 0 Å². The summed E-state index contributed by atoms with van der Waals surface area (Å²) in [6.07, 6.45) is 0. The number of nitrogens with zero attached hydrogens (tertiary/aromatic N) is 2. The summed E-state index contributed by atoms with van der Waals surface area (Å²) in [5.41, 5.74) is 2.62. The topological polar surface area (TPSA) is 106 Å². The van der Waals surface area contributed by atoms with Gasteiger partial charge in [0.25, 0.3) is 11.8 Å². The Morgan fingerprint density at radius 3 is 1.82 bits per heavy atom. The molecule has 0 atom stereocenters. The second-order valence-corrected chi connectivity index (χ2v) is 5.87. The Bertz CT molecular complexity index is 1120. The molecule has 0 heterocycles. The molecule has 0 aromatic heterocycles. The molecule has 2 N–H and O–H groups in total. The highest BCUT2D eigenvalue weighted by Gasteiger charge is 2.11. The molecule has 134 valence electrons. The van der Waals surface area contributed by atoms with E-state index in [1.165, 1.54) is 6.07 Å². The van der Waals surface area contributed by atoms with Crippen LogP contribution in [0, 0.1) is 22.7 Å². The maximum atomic E-state index is 12.5. The van der Waals surface area contributed by atoms with Gasteiger partial charge in [-0.2, -0.15) is 10.5 Å². The van der Waals surface area contributed by atoms with E-state index in [9.17, 15) is 9.59 Å². The van der Waals surface area contributed by atoms with Crippen LogP contribution in [-0.4, -0.2) is 11.8 Å². The summed E-state index contributed by atoms with van der Waals surface area (Å²) in [6, 6.07) is 23.4. The first-order valence-electron chi connectivity index (χ1n) is 8.32. The molecule has 6 nitrogen and oxygen atoms in total. The lowest BCUT2D eigenvalue weighted by Crippen LogP contribution is -2.15. The van der Waals surface area contributed by atoms with Crippen LogP contribution in [0.25, 0.3) is 0 Å². The quantitative estimate of drug-likeness (QED) is 0.729. The molecule has 3 aromatic rings. The minimum atomic E-state index is -0.386. The number of carbonyl (C=O) groups is 2. The molecule has 6 heteroatoms. The number of benzene rings is 3. The van der Waals surface area contributed by atoms with Gasteiger partial charge in [0, 0.05) is 22.5 Å². The fourth-order valence-electron chi connectivity index (χ4n) is 2.50. The molecule has 0 aliphatic heterocycles. The van der Waals surface area contributed by atoms with Crippen LogP contribution < -0.4 is 10.6 Å². The summed E-state index contributed by atoms with van der Waals surface area (Å²) in [4.78, 5) is 24.9. The Balaban J connectivity index is 1.73. The van der Waals surface area contributed by atoms with Crippen LogP contribution in [0.4, 0.5) is 11.4 Å². The summed E-state index contributed by atoms with van der Waals surface area (Å²) in [5, 5.41) is 23.2. The van der Waals surface area contributed by atoms with Crippen LogP contribution in [0.1, 0.15) is 31.8 Å². The lowest BCUT2D eigenvalue weighted by atomic mass is 10.1. The highest BCUT2D eigenvalue weighted by atomic mass is 16.2. The average Bonchev–Trinajstić information content (AvgIpc) is 2.74. The van der Waals surface area contributed by atoms with Crippen LogP contribution in [0.5, 0.6) is 0 Å². The van der Waals surface area contributed by atoms with E-state index in [0.29, 0.717) is 33.6 Å². The van der Waals surface area contributed by atoms with Crippen molar-refractivity contribution in [2.75, 3.05) is 10.6 Å². The van der Waals surface area contributed by atoms with Crippen molar-refractivity contribution < 1.29 is 9.59 Å². The minimum absolute atomic E-state index is 0.315. The van der Waals surface area contributed by atoms with E-state index in [4.69, 9.17) is 10.5 Å². The van der Waals surface area contributed by atoms with Gasteiger partial charge in [0.15, 0.2) is 0 Å². The van der Waals surface area contributed by atoms with Gasteiger partial charge >= 0.3 is 0 Å². The number of carbonyl (C=O) groups excluding carboxylic acids is 2. The summed E-state index contributed by atoms with van der Waals surface area (Å²) in [5.74, 6) is -0.756. The third-order valence-corrected chi connectivity index (χ3v) is 3.91. The first-order chi connectivity index (χ1) is 13.6. The number of nitrogens with one attached hydrogen (secondary N) is 2. The van der Waals surface area contributed by atoms with E-state index in [-0.39, 0.29) is 11.8 Å². The molecule has 0 unspecified atom stereocenters. The molecule has 28 heavy (non-hydrogen) atoms. The number of amides is 2. The molecule has 0 spiro atoms. The molecule has 3 aromatic carbocycles. The molecule has 0 saturated heterocycles. The van der Waals surface area contributed by atoms with Crippen LogP contribution >= 0.6 is 0 Å². The lowest BCUT2D eigenvalue weighted by molar-refractivity contribution is 0.102. The van der Waals surface area contributed by atoms with Gasteiger partial charge in [0.2, 0.25) is 0 Å². The molecule has 3 rings (SSSR count). The monoisotopic (exact) mass is 366 g/mol. The van der Waals surface area contributed by atoms with Crippen molar-refractivity contribution in [3.05, 3.63) is 95.1 Å². The molecular formula is C22H14N4O2. The van der Waals surface area contributed by atoms with Gasteiger partial charge in [0.05, 0.1) is 23.3 Å². The number of rotatable bonds is 4. The van der Waals surface area contributed by atoms with Crippen molar-refractivity contribution in [2.24, 2.45) is 0 Å². The van der Waals surface area contributed by atoms with Crippen molar-refractivity contribution in [2.45, 2.75) is 0 Å². The Morgan fingerprint density at radius 1 is 0.643 bits per heavy atom. The summed E-state index contributed by atoms with van der Waals surface area (Å²) in [7, 11) is 0. The fraction of sp³-hybridized carbons (Fsp3) is 0. The Kier molecular flexibility index (Phi) is 5.45. The van der Waals surface area contributed by atoms with Gasteiger partial charge in [0.1, 0.15) is 0 Å². The van der Waals surface area contributed by atoms with Gasteiger partial charge in [-0.1, -0.05) is 12.1 Å². The average molecular weight is 366 g/mol. The highest BCUT2D eigenvalue weighted by Crippen LogP contribution is 2.15. The van der Waals surface area contributed by atoms with Crippen LogP contribution in [0.15, 0.2) is 72.8 Å². The van der Waals surface area contributed by atoms with Crippen LogP contribution in [0.3, 0.4) is 0 Å². The Hall–Kier alpha value is -4.42. The van der Waals surface area contributed by atoms with Crippen LogP contribution in [-0.2, 0) is 0 Å². The molecule has 0 saturated carbocycles. The molecule has 2 amide bonds. The van der Waals surface area contributed by atoms with Crippen molar-refractivity contribution >= 4 is 23.2 Å². The minimum Gasteiger partial charge on any atom is -0.322 e. The molecule has 0 aliphatic rings. The molecule has 0 bridgehead atoms. The highest BCUT2D eigenvalue weighted by molar-refractivity contribution is 6.08. The molecule has 0 fully saturated rings. The van der Waals surface area contributed by atoms with E-state index in [2.05, 4.69) is 10.6 Å². The fourth-order valence-corrected chi connectivity index (χ4v) is 2.50. The Morgan fingerprint density at radius 2 is 1.21 bits per heavy atom. The first-order valence-corrected chi connectivity index (χ1v) is 8.32. The van der Waals surface area contributed by atoms with Crippen LogP contribution in [0.2, 0.25) is 0 Å². The van der Waals surface area contributed by atoms with E-state index in [0.717, 1.165) is 0 Å². The maximum absolute atomic E-state index is 12.5. The van der Waals surface area contributed by atoms with Gasteiger partial charge in [-0.05, 0) is 60.7 Å². The smallest absolute Gasteiger partial charge is 0.255 e. The number of nitriles is 2. The van der Waals surface area contributed by atoms with Gasteiger partial charge in [-0.3, -0.25) is 9.59 Å². The summed E-state index contributed by atoms with van der Waals surface area (Å²) < 4.78 is 0. The zero-order valence-electron chi connectivity index (χ0n) is 14.6. The maximum Gasteiger partial charge on any atom is 0.255 e. The van der Waals surface area contributed by atoms with Gasteiger partial charge < -0.3 is 10.6 Å². The van der Waals surface area contributed by atoms with Crippen molar-refractivity contribution in [1.29, 1.82) is 10.5 Å². The third-order valence-electron chi connectivity index (χ3n) is 3.91. The predicted molar refractivity (Wildman–Crippen MR) is 105 cm³/mol. The third kappa shape index (κ3) is 4.40. The van der Waals surface area contributed by atoms with Crippen molar-refractivity contribution in [3.8, 4) is 12.1 Å². The summed E-state index contributed by atoms with van der Waals surface area (Å²) in [6.45, 7) is 0. The zero-order chi connectivity index (χ0) is 19.9. The van der Waals surface area contributed by atoms with Gasteiger partial charge in [-0.25, -0.2) is 0 Å². The van der Waals surface area contributed by atoms with Crippen molar-refractivity contribution in [1.82, 2.24) is 0 Å². The Labute approximate surface area is 161 Å². The SMILES string of the molecule is N#Cc1ccc(NC(=O)c2cccc(C(=O)Nc3cccc(C#N)c3)c2)cc1. The van der Waals surface area contributed by atoms with E-state index in [1.807, 2.05) is 12.1 Å². The molecular weight excluding hydrogens is 352 g/mol. The standard InChI is InChI=1S/C22H14N4O2/c23-13-15-7-9-19(10-8-15)25-21(27)17-4-2-5-18(12-17)22(28)26-20-6-1-3-16(11-20)14-24/h1-12H,(H,25,27)(H,26,28). The second-order valence-electron chi connectivity index (χ2n) is 5.87. The summed E-state index contributed by atoms with van der Waals surface area (Å²) >= 11 is 0. The normalized spacial score (nSPS) is 9.64. The number of hydrogen-bond acceptors (Lipinski definition) is 4. The van der Waals surface area contributed by atoms with E-state index < -0.39 is 0 Å². The van der Waals surface area contributed by atoms with E-state index in [1.54, 1.807) is 66.7 Å².